The lowest BCUT2D eigenvalue weighted by atomic mass is 9.77. The summed E-state index contributed by atoms with van der Waals surface area (Å²) in [6.07, 6.45) is -0.584. The van der Waals surface area contributed by atoms with Crippen LogP contribution in [0.4, 0.5) is 19.0 Å². The number of aliphatic hydroxyl groups is 1. The standard InChI is InChI=1S/C19H17F3N4O3/c1-18(28)7-10(8-18)24-17-14-9-23-5-4-12(14)16(25-26-17)13-3-2-11(6-15(13)27)29-19(20,21)22/h2-6,9-10,27-28H,7-8H2,1H3,(H,24,26). The fourth-order valence-electron chi connectivity index (χ4n) is 3.51. The third kappa shape index (κ3) is 4.02. The van der Waals surface area contributed by atoms with Crippen molar-refractivity contribution >= 4 is 16.6 Å². The average Bonchev–Trinajstić information content (AvgIpc) is 2.60. The van der Waals surface area contributed by atoms with Crippen LogP contribution in [0.3, 0.4) is 0 Å². The highest BCUT2D eigenvalue weighted by Crippen LogP contribution is 2.39. The Bertz CT molecular complexity index is 1060. The molecule has 10 heteroatoms. The van der Waals surface area contributed by atoms with Crippen molar-refractivity contribution in [3.63, 3.8) is 0 Å². The Morgan fingerprint density at radius 2 is 1.93 bits per heavy atom. The van der Waals surface area contributed by atoms with E-state index in [1.165, 1.54) is 6.07 Å². The predicted molar refractivity (Wildman–Crippen MR) is 98.4 cm³/mol. The second-order valence-corrected chi connectivity index (χ2v) is 7.29. The number of phenolic OH excluding ortho intramolecular Hbond substituents is 1. The Hall–Kier alpha value is -3.14. The number of fused-ring (bicyclic) bond motifs is 1. The number of ether oxygens (including phenoxy) is 1. The summed E-state index contributed by atoms with van der Waals surface area (Å²) in [4.78, 5) is 4.10. The molecule has 4 rings (SSSR count). The molecule has 0 bridgehead atoms. The Balaban J connectivity index is 1.69. The van der Waals surface area contributed by atoms with E-state index in [0.717, 1.165) is 12.1 Å². The van der Waals surface area contributed by atoms with E-state index >= 15 is 0 Å². The summed E-state index contributed by atoms with van der Waals surface area (Å²) in [7, 11) is 0. The van der Waals surface area contributed by atoms with Gasteiger partial charge in [0.25, 0.3) is 0 Å². The van der Waals surface area contributed by atoms with Crippen molar-refractivity contribution in [3.8, 4) is 22.8 Å². The van der Waals surface area contributed by atoms with Crippen molar-refractivity contribution in [2.45, 2.75) is 37.8 Å². The zero-order valence-corrected chi connectivity index (χ0v) is 15.2. The highest BCUT2D eigenvalue weighted by Gasteiger charge is 2.38. The number of hydrogen-bond acceptors (Lipinski definition) is 7. The zero-order chi connectivity index (χ0) is 20.8. The van der Waals surface area contributed by atoms with E-state index in [1.54, 1.807) is 25.4 Å². The van der Waals surface area contributed by atoms with Crippen LogP contribution in [0.25, 0.3) is 22.0 Å². The van der Waals surface area contributed by atoms with E-state index in [0.29, 0.717) is 35.1 Å². The van der Waals surface area contributed by atoms with E-state index < -0.39 is 23.5 Å². The van der Waals surface area contributed by atoms with Gasteiger partial charge in [0.1, 0.15) is 17.2 Å². The van der Waals surface area contributed by atoms with Gasteiger partial charge in [0.15, 0.2) is 5.82 Å². The lowest BCUT2D eigenvalue weighted by Crippen LogP contribution is -2.48. The molecule has 1 fully saturated rings. The van der Waals surface area contributed by atoms with Crippen LogP contribution in [0.5, 0.6) is 11.5 Å². The maximum Gasteiger partial charge on any atom is 0.573 e. The van der Waals surface area contributed by atoms with Crippen LogP contribution < -0.4 is 10.1 Å². The molecule has 7 nitrogen and oxygen atoms in total. The smallest absolute Gasteiger partial charge is 0.507 e. The van der Waals surface area contributed by atoms with Gasteiger partial charge < -0.3 is 20.3 Å². The molecule has 0 unspecified atom stereocenters. The number of anilines is 1. The first-order valence-corrected chi connectivity index (χ1v) is 8.80. The lowest BCUT2D eigenvalue weighted by Gasteiger charge is -2.41. The van der Waals surface area contributed by atoms with Gasteiger partial charge in [-0.05, 0) is 38.0 Å². The van der Waals surface area contributed by atoms with E-state index in [-0.39, 0.29) is 11.6 Å². The number of hydrogen-bond donors (Lipinski definition) is 3. The Morgan fingerprint density at radius 1 is 1.17 bits per heavy atom. The molecule has 1 aliphatic rings. The molecule has 0 amide bonds. The van der Waals surface area contributed by atoms with Gasteiger partial charge in [0, 0.05) is 40.8 Å². The van der Waals surface area contributed by atoms with Crippen molar-refractivity contribution in [2.24, 2.45) is 0 Å². The van der Waals surface area contributed by atoms with Crippen molar-refractivity contribution in [1.29, 1.82) is 0 Å². The normalized spacial score (nSPS) is 21.6. The van der Waals surface area contributed by atoms with Gasteiger partial charge in [-0.15, -0.1) is 23.4 Å². The highest BCUT2D eigenvalue weighted by atomic mass is 19.4. The summed E-state index contributed by atoms with van der Waals surface area (Å²) in [5, 5.41) is 33.0. The fraction of sp³-hybridized carbons (Fsp3) is 0.316. The largest absolute Gasteiger partial charge is 0.573 e. The molecule has 3 aromatic rings. The number of rotatable bonds is 4. The van der Waals surface area contributed by atoms with Crippen LogP contribution in [0, 0.1) is 0 Å². The Kier molecular flexibility index (Phi) is 4.45. The number of halogens is 3. The average molecular weight is 406 g/mol. The van der Waals surface area contributed by atoms with Gasteiger partial charge in [0.2, 0.25) is 0 Å². The van der Waals surface area contributed by atoms with Crippen LogP contribution in [0.15, 0.2) is 36.7 Å². The van der Waals surface area contributed by atoms with Crippen molar-refractivity contribution in [1.82, 2.24) is 15.2 Å². The summed E-state index contributed by atoms with van der Waals surface area (Å²) in [5.74, 6) is -0.475. The predicted octanol–water partition coefficient (Wildman–Crippen LogP) is 3.62. The molecule has 152 valence electrons. The maximum absolute atomic E-state index is 12.4. The third-order valence-electron chi connectivity index (χ3n) is 4.75. The number of alkyl halides is 3. The molecule has 0 saturated heterocycles. The number of aromatic nitrogens is 3. The van der Waals surface area contributed by atoms with Gasteiger partial charge in [0.05, 0.1) is 5.60 Å². The van der Waals surface area contributed by atoms with Crippen LogP contribution >= 0.6 is 0 Å². The number of nitrogens with one attached hydrogen (secondary N) is 1. The van der Waals surface area contributed by atoms with Gasteiger partial charge >= 0.3 is 6.36 Å². The summed E-state index contributed by atoms with van der Waals surface area (Å²) >= 11 is 0. The van der Waals surface area contributed by atoms with Crippen LogP contribution in [0.1, 0.15) is 19.8 Å². The molecule has 0 aliphatic heterocycles. The van der Waals surface area contributed by atoms with Crippen LogP contribution in [-0.2, 0) is 0 Å². The molecule has 3 N–H and O–H groups in total. The van der Waals surface area contributed by atoms with Crippen molar-refractivity contribution < 1.29 is 28.1 Å². The molecular formula is C19H17F3N4O3. The molecule has 0 radical (unpaired) electrons. The third-order valence-corrected chi connectivity index (χ3v) is 4.75. The van der Waals surface area contributed by atoms with E-state index in [1.807, 2.05) is 0 Å². The van der Waals surface area contributed by atoms with Crippen LogP contribution in [0.2, 0.25) is 0 Å². The molecule has 1 saturated carbocycles. The number of pyridine rings is 1. The van der Waals surface area contributed by atoms with Gasteiger partial charge in [-0.1, -0.05) is 0 Å². The quantitative estimate of drug-likeness (QED) is 0.608. The van der Waals surface area contributed by atoms with E-state index in [9.17, 15) is 23.4 Å². The molecule has 2 aromatic heterocycles. The minimum absolute atomic E-state index is 0.0424. The van der Waals surface area contributed by atoms with Gasteiger partial charge in [-0.25, -0.2) is 0 Å². The molecule has 1 aliphatic carbocycles. The number of benzene rings is 1. The molecule has 0 atom stereocenters. The first kappa shape index (κ1) is 19.2. The SMILES string of the molecule is CC1(O)CC(Nc2nnc(-c3ccc(OC(F)(F)F)cc3O)c3ccncc23)C1. The van der Waals surface area contributed by atoms with E-state index in [4.69, 9.17) is 0 Å². The van der Waals surface area contributed by atoms with Crippen LogP contribution in [-0.4, -0.2) is 43.4 Å². The molecule has 2 heterocycles. The monoisotopic (exact) mass is 406 g/mol. The molecular weight excluding hydrogens is 389 g/mol. The van der Waals surface area contributed by atoms with Crippen molar-refractivity contribution in [2.75, 3.05) is 5.32 Å². The summed E-state index contributed by atoms with van der Waals surface area (Å²) < 4.78 is 41.0. The minimum atomic E-state index is -4.86. The molecule has 1 aromatic carbocycles. The summed E-state index contributed by atoms with van der Waals surface area (Å²) in [5.41, 5.74) is -0.198. The second kappa shape index (κ2) is 6.73. The second-order valence-electron chi connectivity index (χ2n) is 7.29. The first-order valence-electron chi connectivity index (χ1n) is 8.80. The Labute approximate surface area is 163 Å². The molecule has 0 spiro atoms. The van der Waals surface area contributed by atoms with Gasteiger partial charge in [-0.2, -0.15) is 0 Å². The van der Waals surface area contributed by atoms with Crippen molar-refractivity contribution in [3.05, 3.63) is 36.7 Å². The van der Waals surface area contributed by atoms with Gasteiger partial charge in [-0.3, -0.25) is 4.98 Å². The first-order chi connectivity index (χ1) is 13.6. The minimum Gasteiger partial charge on any atom is -0.507 e. The maximum atomic E-state index is 12.4. The fourth-order valence-corrected chi connectivity index (χ4v) is 3.51. The van der Waals surface area contributed by atoms with E-state index in [2.05, 4.69) is 25.2 Å². The number of nitrogens with zero attached hydrogens (tertiary/aromatic N) is 3. The Morgan fingerprint density at radius 3 is 2.59 bits per heavy atom. The summed E-state index contributed by atoms with van der Waals surface area (Å²) in [6.45, 7) is 1.76. The lowest BCUT2D eigenvalue weighted by molar-refractivity contribution is -0.274. The molecule has 29 heavy (non-hydrogen) atoms. The summed E-state index contributed by atoms with van der Waals surface area (Å²) in [6, 6.07) is 4.98. The zero-order valence-electron chi connectivity index (χ0n) is 15.2. The number of phenols is 1. The topological polar surface area (TPSA) is 100 Å². The number of aromatic hydroxyl groups is 1. The highest BCUT2D eigenvalue weighted by molar-refractivity contribution is 6.00.